The third-order valence-electron chi connectivity index (χ3n) is 9.84. The molecule has 3 aliphatic rings. The summed E-state index contributed by atoms with van der Waals surface area (Å²) in [6.45, 7) is 9.81. The van der Waals surface area contributed by atoms with E-state index in [1.165, 1.54) is 32.1 Å². The molecule has 0 radical (unpaired) electrons. The second kappa shape index (κ2) is 14.6. The lowest BCUT2D eigenvalue weighted by molar-refractivity contribution is -0.133. The van der Waals surface area contributed by atoms with Gasteiger partial charge < -0.3 is 15.0 Å². The number of fused-ring (bicyclic) bond motifs is 1. The Bertz CT molecular complexity index is 1410. The Labute approximate surface area is 261 Å². The molecule has 3 heterocycles. The van der Waals surface area contributed by atoms with E-state index in [9.17, 15) is 9.59 Å². The van der Waals surface area contributed by atoms with E-state index in [4.69, 9.17) is 9.72 Å². The van der Waals surface area contributed by atoms with Crippen LogP contribution in [0.3, 0.4) is 0 Å². The van der Waals surface area contributed by atoms with E-state index in [1.54, 1.807) is 0 Å². The number of piperazine rings is 1. The molecule has 1 N–H and O–H groups in total. The Hall–Kier alpha value is -3.33. The Morgan fingerprint density at radius 1 is 0.886 bits per heavy atom. The van der Waals surface area contributed by atoms with Crippen molar-refractivity contribution in [1.29, 1.82) is 0 Å². The summed E-state index contributed by atoms with van der Waals surface area (Å²) in [5, 5.41) is 4.32. The van der Waals surface area contributed by atoms with Crippen molar-refractivity contribution < 1.29 is 14.3 Å². The number of nitrogens with one attached hydrogen (secondary N) is 1. The molecule has 6 rings (SSSR count). The number of hydrogen-bond donors (Lipinski definition) is 1. The largest absolute Gasteiger partial charge is 0.379 e. The van der Waals surface area contributed by atoms with Crippen LogP contribution < -0.4 is 5.32 Å². The van der Waals surface area contributed by atoms with Crippen molar-refractivity contribution in [3.63, 3.8) is 0 Å². The molecule has 8 heteroatoms. The zero-order chi connectivity index (χ0) is 30.3. The number of nitrogens with zero attached hydrogens (tertiary/aromatic N) is 4. The molecule has 1 aliphatic carbocycles. The molecule has 2 aromatic carbocycles. The Kier molecular flexibility index (Phi) is 10.2. The van der Waals surface area contributed by atoms with Crippen LogP contribution in [0, 0.1) is 5.92 Å². The molecular formula is C36H47N5O3. The molecule has 0 spiro atoms. The standard InChI is InChI=1S/C36H47N5O3/c1-27(28-10-4-2-5-11-28)37-36(43)34-30-14-8-9-15-32(30)38-35(29-12-6-3-7-13-29)31(34)26-40-18-20-41(21-19-40)33(42)16-17-39-22-24-44-25-23-39/h3,6-9,12-15,27-28H,2,4-5,10-11,16-26H2,1H3,(H,37,43)/t27-/m0/s1. The number of pyridine rings is 1. The van der Waals surface area contributed by atoms with Gasteiger partial charge in [-0.15, -0.1) is 0 Å². The summed E-state index contributed by atoms with van der Waals surface area (Å²) in [6, 6.07) is 18.4. The first-order valence-corrected chi connectivity index (χ1v) is 16.6. The zero-order valence-corrected chi connectivity index (χ0v) is 26.2. The number of aromatic nitrogens is 1. The van der Waals surface area contributed by atoms with E-state index in [2.05, 4.69) is 34.2 Å². The minimum absolute atomic E-state index is 0.00854. The first-order valence-electron chi connectivity index (χ1n) is 16.6. The maximum Gasteiger partial charge on any atom is 0.252 e. The Balaban J connectivity index is 1.24. The molecule has 234 valence electrons. The first kappa shape index (κ1) is 30.7. The minimum Gasteiger partial charge on any atom is -0.379 e. The molecule has 2 amide bonds. The van der Waals surface area contributed by atoms with Crippen LogP contribution in [-0.4, -0.2) is 96.6 Å². The van der Waals surface area contributed by atoms with Crippen molar-refractivity contribution >= 4 is 22.7 Å². The van der Waals surface area contributed by atoms with Crippen LogP contribution in [0.5, 0.6) is 0 Å². The van der Waals surface area contributed by atoms with E-state index in [1.807, 2.05) is 47.4 Å². The van der Waals surface area contributed by atoms with Gasteiger partial charge >= 0.3 is 0 Å². The van der Waals surface area contributed by atoms with Crippen LogP contribution in [0.2, 0.25) is 0 Å². The van der Waals surface area contributed by atoms with Gasteiger partial charge in [0.25, 0.3) is 5.91 Å². The fourth-order valence-electron chi connectivity index (χ4n) is 7.15. The molecule has 44 heavy (non-hydrogen) atoms. The number of morpholine rings is 1. The van der Waals surface area contributed by atoms with E-state index in [0.717, 1.165) is 79.2 Å². The van der Waals surface area contributed by atoms with Gasteiger partial charge in [0.05, 0.1) is 30.0 Å². The number of carbonyl (C=O) groups excluding carboxylic acids is 2. The third kappa shape index (κ3) is 7.31. The van der Waals surface area contributed by atoms with Gasteiger partial charge in [-0.2, -0.15) is 0 Å². The summed E-state index contributed by atoms with van der Waals surface area (Å²) in [7, 11) is 0. The number of ether oxygens (including phenoxy) is 1. The summed E-state index contributed by atoms with van der Waals surface area (Å²) < 4.78 is 5.44. The monoisotopic (exact) mass is 597 g/mol. The fraction of sp³-hybridized carbons (Fsp3) is 0.528. The second-order valence-corrected chi connectivity index (χ2v) is 12.7. The van der Waals surface area contributed by atoms with Crippen LogP contribution in [-0.2, 0) is 16.1 Å². The average Bonchev–Trinajstić information content (AvgIpc) is 3.08. The Morgan fingerprint density at radius 2 is 1.59 bits per heavy atom. The van der Waals surface area contributed by atoms with Crippen LogP contribution in [0.1, 0.15) is 61.4 Å². The molecule has 1 aromatic heterocycles. The number of amides is 2. The Morgan fingerprint density at radius 3 is 2.34 bits per heavy atom. The molecular weight excluding hydrogens is 550 g/mol. The molecule has 2 saturated heterocycles. The number of rotatable bonds is 9. The van der Waals surface area contributed by atoms with Crippen LogP contribution >= 0.6 is 0 Å². The lowest BCUT2D eigenvalue weighted by Crippen LogP contribution is -2.49. The summed E-state index contributed by atoms with van der Waals surface area (Å²) in [6.07, 6.45) is 6.69. The molecule has 1 saturated carbocycles. The third-order valence-corrected chi connectivity index (χ3v) is 9.84. The topological polar surface area (TPSA) is 78.0 Å². The van der Waals surface area contributed by atoms with Gasteiger partial charge in [-0.1, -0.05) is 67.8 Å². The van der Waals surface area contributed by atoms with Crippen molar-refractivity contribution in [3.8, 4) is 11.3 Å². The molecule has 3 aromatic rings. The molecule has 0 bridgehead atoms. The average molecular weight is 598 g/mol. The fourth-order valence-corrected chi connectivity index (χ4v) is 7.15. The highest BCUT2D eigenvalue weighted by Crippen LogP contribution is 2.33. The highest BCUT2D eigenvalue weighted by atomic mass is 16.5. The van der Waals surface area contributed by atoms with Crippen molar-refractivity contribution in [1.82, 2.24) is 25.0 Å². The van der Waals surface area contributed by atoms with Gasteiger partial charge in [-0.25, -0.2) is 4.98 Å². The van der Waals surface area contributed by atoms with Gasteiger partial charge in [0.2, 0.25) is 5.91 Å². The van der Waals surface area contributed by atoms with E-state index in [-0.39, 0.29) is 17.9 Å². The SMILES string of the molecule is C[C@H](NC(=O)c1c(CN2CCN(C(=O)CCN3CCOCC3)CC2)c(-c2ccccc2)nc2ccccc12)C1CCCCC1. The van der Waals surface area contributed by atoms with E-state index in [0.29, 0.717) is 32.0 Å². The van der Waals surface area contributed by atoms with E-state index >= 15 is 0 Å². The molecule has 2 aliphatic heterocycles. The zero-order valence-electron chi connectivity index (χ0n) is 26.2. The van der Waals surface area contributed by atoms with Crippen molar-refractivity contribution in [2.45, 2.75) is 58.0 Å². The molecule has 8 nitrogen and oxygen atoms in total. The first-order chi connectivity index (χ1) is 21.6. The van der Waals surface area contributed by atoms with Gasteiger partial charge in [-0.3, -0.25) is 19.4 Å². The lowest BCUT2D eigenvalue weighted by atomic mass is 9.84. The normalized spacial score (nSPS) is 19.6. The summed E-state index contributed by atoms with van der Waals surface area (Å²) >= 11 is 0. The van der Waals surface area contributed by atoms with Crippen LogP contribution in [0.4, 0.5) is 0 Å². The number of carbonyl (C=O) groups is 2. The van der Waals surface area contributed by atoms with Gasteiger partial charge in [0, 0.05) is 81.3 Å². The summed E-state index contributed by atoms with van der Waals surface area (Å²) in [5.41, 5.74) is 4.42. The van der Waals surface area contributed by atoms with Crippen LogP contribution in [0.15, 0.2) is 54.6 Å². The van der Waals surface area contributed by atoms with Crippen molar-refractivity contribution in [3.05, 3.63) is 65.7 Å². The van der Waals surface area contributed by atoms with Crippen molar-refractivity contribution in [2.24, 2.45) is 5.92 Å². The summed E-state index contributed by atoms with van der Waals surface area (Å²) in [5.74, 6) is 0.739. The maximum absolute atomic E-state index is 14.3. The quantitative estimate of drug-likeness (QED) is 0.376. The minimum atomic E-state index is -0.00854. The highest BCUT2D eigenvalue weighted by Gasteiger charge is 2.29. The van der Waals surface area contributed by atoms with Gasteiger partial charge in [0.15, 0.2) is 0 Å². The smallest absolute Gasteiger partial charge is 0.252 e. The predicted molar refractivity (Wildman–Crippen MR) is 174 cm³/mol. The molecule has 1 atom stereocenters. The molecule has 3 fully saturated rings. The maximum atomic E-state index is 14.3. The lowest BCUT2D eigenvalue weighted by Gasteiger charge is -2.36. The second-order valence-electron chi connectivity index (χ2n) is 12.7. The van der Waals surface area contributed by atoms with Gasteiger partial charge in [-0.05, 0) is 31.7 Å². The summed E-state index contributed by atoms with van der Waals surface area (Å²) in [4.78, 5) is 39.2. The molecule has 0 unspecified atom stereocenters. The van der Waals surface area contributed by atoms with Crippen LogP contribution in [0.25, 0.3) is 22.2 Å². The van der Waals surface area contributed by atoms with Gasteiger partial charge in [0.1, 0.15) is 0 Å². The highest BCUT2D eigenvalue weighted by molar-refractivity contribution is 6.09. The van der Waals surface area contributed by atoms with E-state index < -0.39 is 0 Å². The number of hydrogen-bond acceptors (Lipinski definition) is 6. The number of para-hydroxylation sites is 1. The predicted octanol–water partition coefficient (Wildman–Crippen LogP) is 4.97. The number of benzene rings is 2. The van der Waals surface area contributed by atoms with Crippen molar-refractivity contribution in [2.75, 3.05) is 59.0 Å².